The number of halogens is 1. The third kappa shape index (κ3) is 3.96. The monoisotopic (exact) mass is 293 g/mol. The normalized spacial score (nSPS) is 15.6. The Balaban J connectivity index is 2.86. The molecule has 0 aliphatic rings. The number of aromatic nitrogens is 2. The van der Waals surface area contributed by atoms with E-state index in [0.29, 0.717) is 18.8 Å². The molecule has 0 saturated carbocycles. The van der Waals surface area contributed by atoms with Gasteiger partial charge in [-0.1, -0.05) is 0 Å². The predicted octanol–water partition coefficient (Wildman–Crippen LogP) is 1.90. The van der Waals surface area contributed by atoms with E-state index < -0.39 is 10.0 Å². The van der Waals surface area contributed by atoms with Crippen LogP contribution in [0.3, 0.4) is 0 Å². The molecule has 1 rings (SSSR count). The van der Waals surface area contributed by atoms with E-state index in [1.54, 1.807) is 24.6 Å². The van der Waals surface area contributed by atoms with Crippen LogP contribution >= 0.6 is 11.6 Å². The Hall–Kier alpha value is -0.590. The molecule has 104 valence electrons. The minimum Gasteiger partial charge on any atom is -0.334 e. The minimum absolute atomic E-state index is 0.0657. The van der Waals surface area contributed by atoms with Crippen molar-refractivity contribution in [2.45, 2.75) is 57.1 Å². The molecule has 2 unspecified atom stereocenters. The van der Waals surface area contributed by atoms with Gasteiger partial charge in [0.25, 0.3) is 10.0 Å². The van der Waals surface area contributed by atoms with Crippen molar-refractivity contribution in [1.29, 1.82) is 0 Å². The van der Waals surface area contributed by atoms with Gasteiger partial charge in [0.15, 0.2) is 5.03 Å². The predicted molar refractivity (Wildman–Crippen MR) is 72.4 cm³/mol. The number of aryl methyl sites for hydroxylation is 2. The fourth-order valence-electron chi connectivity index (χ4n) is 1.79. The molecule has 1 N–H and O–H groups in total. The number of rotatable bonds is 6. The zero-order valence-corrected chi connectivity index (χ0v) is 12.7. The first-order valence-electron chi connectivity index (χ1n) is 5.96. The molecule has 18 heavy (non-hydrogen) atoms. The van der Waals surface area contributed by atoms with Crippen LogP contribution in [0.5, 0.6) is 0 Å². The molecule has 0 bridgehead atoms. The van der Waals surface area contributed by atoms with Crippen LogP contribution in [0.4, 0.5) is 0 Å². The molecular weight excluding hydrogens is 274 g/mol. The van der Waals surface area contributed by atoms with Gasteiger partial charge in [-0.25, -0.2) is 18.1 Å². The van der Waals surface area contributed by atoms with Gasteiger partial charge >= 0.3 is 0 Å². The van der Waals surface area contributed by atoms with Crippen LogP contribution in [0.25, 0.3) is 0 Å². The summed E-state index contributed by atoms with van der Waals surface area (Å²) in [4.78, 5) is 4.06. The molecule has 0 saturated heterocycles. The van der Waals surface area contributed by atoms with Crippen molar-refractivity contribution in [2.75, 3.05) is 0 Å². The molecule has 0 aliphatic heterocycles. The van der Waals surface area contributed by atoms with E-state index in [9.17, 15) is 8.42 Å². The van der Waals surface area contributed by atoms with Gasteiger partial charge in [0.1, 0.15) is 5.82 Å². The summed E-state index contributed by atoms with van der Waals surface area (Å²) in [5.41, 5.74) is 0. The molecule has 0 aliphatic carbocycles. The maximum Gasteiger partial charge on any atom is 0.259 e. The van der Waals surface area contributed by atoms with Crippen molar-refractivity contribution in [3.8, 4) is 0 Å². The summed E-state index contributed by atoms with van der Waals surface area (Å²) < 4.78 is 28.5. The summed E-state index contributed by atoms with van der Waals surface area (Å²) in [6.07, 6.45) is 2.13. The van der Waals surface area contributed by atoms with Gasteiger partial charge in [0.05, 0.1) is 0 Å². The molecule has 7 heteroatoms. The van der Waals surface area contributed by atoms with E-state index in [2.05, 4.69) is 9.71 Å². The second-order valence-corrected chi connectivity index (χ2v) is 6.86. The molecule has 0 aromatic carbocycles. The van der Waals surface area contributed by atoms with Crippen LogP contribution < -0.4 is 4.72 Å². The highest BCUT2D eigenvalue weighted by Crippen LogP contribution is 2.12. The van der Waals surface area contributed by atoms with Gasteiger partial charge in [-0.3, -0.25) is 0 Å². The van der Waals surface area contributed by atoms with E-state index in [0.717, 1.165) is 0 Å². The van der Waals surface area contributed by atoms with E-state index in [1.807, 2.05) is 13.8 Å². The van der Waals surface area contributed by atoms with Crippen molar-refractivity contribution in [1.82, 2.24) is 14.3 Å². The van der Waals surface area contributed by atoms with Crippen molar-refractivity contribution < 1.29 is 8.42 Å². The molecule has 1 aromatic rings. The van der Waals surface area contributed by atoms with Gasteiger partial charge < -0.3 is 4.57 Å². The summed E-state index contributed by atoms with van der Waals surface area (Å²) in [6, 6.07) is -0.213. The van der Waals surface area contributed by atoms with Crippen molar-refractivity contribution in [2.24, 2.45) is 0 Å². The topological polar surface area (TPSA) is 64.0 Å². The summed E-state index contributed by atoms with van der Waals surface area (Å²) >= 11 is 5.84. The van der Waals surface area contributed by atoms with Gasteiger partial charge in [0, 0.05) is 24.2 Å². The molecule has 0 fully saturated rings. The standard InChI is InChI=1S/C11H20ClN3O2S/c1-5-15-7-11(13-10(15)4)18(16,17)14-9(3)6-8(2)12/h7-9,14H,5-6H2,1-4H3. The lowest BCUT2D eigenvalue weighted by Gasteiger charge is -2.13. The highest BCUT2D eigenvalue weighted by molar-refractivity contribution is 7.89. The Morgan fingerprint density at radius 2 is 2.11 bits per heavy atom. The largest absolute Gasteiger partial charge is 0.334 e. The third-order valence-corrected chi connectivity index (χ3v) is 4.24. The van der Waals surface area contributed by atoms with E-state index >= 15 is 0 Å². The van der Waals surface area contributed by atoms with Crippen LogP contribution in [0.2, 0.25) is 0 Å². The quantitative estimate of drug-likeness (QED) is 0.815. The van der Waals surface area contributed by atoms with Crippen molar-refractivity contribution in [3.63, 3.8) is 0 Å². The smallest absolute Gasteiger partial charge is 0.259 e. The first-order chi connectivity index (χ1) is 8.26. The number of hydrogen-bond donors (Lipinski definition) is 1. The third-order valence-electron chi connectivity index (χ3n) is 2.60. The average Bonchev–Trinajstić information content (AvgIpc) is 2.57. The number of imidazole rings is 1. The lowest BCUT2D eigenvalue weighted by Crippen LogP contribution is -2.34. The van der Waals surface area contributed by atoms with E-state index in [1.165, 1.54) is 0 Å². The molecule has 5 nitrogen and oxygen atoms in total. The first-order valence-corrected chi connectivity index (χ1v) is 7.88. The molecule has 0 amide bonds. The maximum absolute atomic E-state index is 12.1. The highest BCUT2D eigenvalue weighted by Gasteiger charge is 2.21. The average molecular weight is 294 g/mol. The number of nitrogens with one attached hydrogen (secondary N) is 1. The van der Waals surface area contributed by atoms with Gasteiger partial charge in [-0.15, -0.1) is 11.6 Å². The number of nitrogens with zero attached hydrogens (tertiary/aromatic N) is 2. The Kier molecular flexibility index (Phi) is 5.19. The molecule has 2 atom stereocenters. The van der Waals surface area contributed by atoms with Crippen LogP contribution in [0.1, 0.15) is 33.0 Å². The van der Waals surface area contributed by atoms with Crippen LogP contribution in [-0.2, 0) is 16.6 Å². The summed E-state index contributed by atoms with van der Waals surface area (Å²) in [7, 11) is -3.56. The number of sulfonamides is 1. The SMILES string of the molecule is CCn1cc(S(=O)(=O)NC(C)CC(C)Cl)nc1C. The Morgan fingerprint density at radius 3 is 2.56 bits per heavy atom. The van der Waals surface area contributed by atoms with E-state index in [-0.39, 0.29) is 16.4 Å². The molecule has 0 spiro atoms. The summed E-state index contributed by atoms with van der Waals surface area (Å²) in [5.74, 6) is 0.691. The maximum atomic E-state index is 12.1. The zero-order valence-electron chi connectivity index (χ0n) is 11.1. The second-order valence-electron chi connectivity index (χ2n) is 4.45. The van der Waals surface area contributed by atoms with Gasteiger partial charge in [-0.05, 0) is 34.1 Å². The first kappa shape index (κ1) is 15.5. The van der Waals surface area contributed by atoms with Gasteiger partial charge in [0.2, 0.25) is 0 Å². The van der Waals surface area contributed by atoms with Crippen LogP contribution in [-0.4, -0.2) is 29.4 Å². The van der Waals surface area contributed by atoms with Crippen molar-refractivity contribution in [3.05, 3.63) is 12.0 Å². The molecule has 0 radical (unpaired) electrons. The lowest BCUT2D eigenvalue weighted by atomic mass is 10.2. The fourth-order valence-corrected chi connectivity index (χ4v) is 3.32. The van der Waals surface area contributed by atoms with E-state index in [4.69, 9.17) is 11.6 Å². The summed E-state index contributed by atoms with van der Waals surface area (Å²) in [6.45, 7) is 8.05. The molecule has 1 aromatic heterocycles. The highest BCUT2D eigenvalue weighted by atomic mass is 35.5. The number of hydrogen-bond acceptors (Lipinski definition) is 3. The van der Waals surface area contributed by atoms with Gasteiger partial charge in [-0.2, -0.15) is 0 Å². The summed E-state index contributed by atoms with van der Waals surface area (Å²) in [5, 5.41) is -0.00596. The minimum atomic E-state index is -3.56. The van der Waals surface area contributed by atoms with Crippen LogP contribution in [0.15, 0.2) is 11.2 Å². The Labute approximate surface area is 114 Å². The van der Waals surface area contributed by atoms with Crippen molar-refractivity contribution >= 4 is 21.6 Å². The Bertz CT molecular complexity index is 496. The lowest BCUT2D eigenvalue weighted by molar-refractivity contribution is 0.543. The molecular formula is C11H20ClN3O2S. The second kappa shape index (κ2) is 6.04. The van der Waals surface area contributed by atoms with Crippen LogP contribution in [0, 0.1) is 6.92 Å². The Morgan fingerprint density at radius 1 is 1.50 bits per heavy atom. The number of alkyl halides is 1. The fraction of sp³-hybridized carbons (Fsp3) is 0.727. The zero-order chi connectivity index (χ0) is 13.9. The molecule has 1 heterocycles.